The van der Waals surface area contributed by atoms with Crippen LogP contribution in [0.4, 0.5) is 5.69 Å². The molecule has 0 radical (unpaired) electrons. The molecule has 1 aromatic carbocycles. The Balaban J connectivity index is 2.07. The average molecular weight is 246 g/mol. The second kappa shape index (κ2) is 5.89. The summed E-state index contributed by atoms with van der Waals surface area (Å²) in [5.41, 5.74) is 2.34. The van der Waals surface area contributed by atoms with Gasteiger partial charge in [-0.05, 0) is 42.9 Å². The van der Waals surface area contributed by atoms with Crippen LogP contribution in [0.1, 0.15) is 44.6 Å². The first-order chi connectivity index (χ1) is 8.66. The molecule has 1 unspecified atom stereocenters. The number of nitrogens with one attached hydrogen (secondary N) is 2. The summed E-state index contributed by atoms with van der Waals surface area (Å²) in [7, 11) is 0. The molecule has 1 amide bonds. The van der Waals surface area contributed by atoms with Crippen molar-refractivity contribution in [2.45, 2.75) is 45.1 Å². The van der Waals surface area contributed by atoms with E-state index in [4.69, 9.17) is 0 Å². The molecule has 1 aromatic rings. The third-order valence-electron chi connectivity index (χ3n) is 3.43. The molecule has 3 nitrogen and oxygen atoms in total. The molecule has 1 atom stereocenters. The highest BCUT2D eigenvalue weighted by molar-refractivity contribution is 5.84. The van der Waals surface area contributed by atoms with Crippen molar-refractivity contribution in [3.8, 4) is 0 Å². The first-order valence-electron chi connectivity index (χ1n) is 6.81. The fourth-order valence-corrected chi connectivity index (χ4v) is 2.27. The van der Waals surface area contributed by atoms with Crippen molar-refractivity contribution in [3.05, 3.63) is 29.8 Å². The van der Waals surface area contributed by atoms with Gasteiger partial charge >= 0.3 is 0 Å². The predicted octanol–water partition coefficient (Wildman–Crippen LogP) is 2.89. The maximum Gasteiger partial charge on any atom is 0.242 e. The molecule has 0 aliphatic carbocycles. The second-order valence-electron chi connectivity index (χ2n) is 5.26. The van der Waals surface area contributed by atoms with Crippen LogP contribution in [0.5, 0.6) is 0 Å². The Morgan fingerprint density at radius 2 is 2.17 bits per heavy atom. The van der Waals surface area contributed by atoms with Gasteiger partial charge < -0.3 is 10.6 Å². The number of hydrogen-bond donors (Lipinski definition) is 2. The highest BCUT2D eigenvalue weighted by Gasteiger charge is 2.20. The van der Waals surface area contributed by atoms with Gasteiger partial charge in [0.15, 0.2) is 0 Å². The van der Waals surface area contributed by atoms with Crippen LogP contribution >= 0.6 is 0 Å². The summed E-state index contributed by atoms with van der Waals surface area (Å²) in [4.78, 5) is 11.9. The summed E-state index contributed by atoms with van der Waals surface area (Å²) in [5, 5.41) is 6.30. The lowest BCUT2D eigenvalue weighted by Gasteiger charge is -2.17. The van der Waals surface area contributed by atoms with E-state index in [-0.39, 0.29) is 11.9 Å². The van der Waals surface area contributed by atoms with Crippen molar-refractivity contribution < 1.29 is 4.79 Å². The number of benzene rings is 1. The van der Waals surface area contributed by atoms with Crippen LogP contribution in [0.2, 0.25) is 0 Å². The van der Waals surface area contributed by atoms with E-state index in [9.17, 15) is 4.79 Å². The van der Waals surface area contributed by atoms with E-state index in [1.54, 1.807) is 0 Å². The molecule has 0 aromatic heterocycles. The maximum atomic E-state index is 11.9. The number of amides is 1. The molecule has 0 bridgehead atoms. The van der Waals surface area contributed by atoms with E-state index < -0.39 is 0 Å². The standard InChI is InChI=1S/C15H22N2O/c1-11(2)12-6-5-7-13(10-12)17-14-8-3-4-9-16-15(14)18/h5-7,10-11,14,17H,3-4,8-9H2,1-2H3,(H,16,18). The third kappa shape index (κ3) is 3.25. The first kappa shape index (κ1) is 12.9. The summed E-state index contributed by atoms with van der Waals surface area (Å²) in [6.45, 7) is 5.16. The van der Waals surface area contributed by atoms with Crippen molar-refractivity contribution in [2.24, 2.45) is 0 Å². The van der Waals surface area contributed by atoms with Crippen LogP contribution in [0, 0.1) is 0 Å². The number of carbonyl (C=O) groups excluding carboxylic acids is 1. The van der Waals surface area contributed by atoms with Gasteiger partial charge in [0.1, 0.15) is 6.04 Å². The number of carbonyl (C=O) groups is 1. The van der Waals surface area contributed by atoms with Gasteiger partial charge in [0.2, 0.25) is 5.91 Å². The minimum atomic E-state index is -0.0880. The third-order valence-corrected chi connectivity index (χ3v) is 3.43. The van der Waals surface area contributed by atoms with Crippen molar-refractivity contribution in [1.29, 1.82) is 0 Å². The Morgan fingerprint density at radius 1 is 1.33 bits per heavy atom. The summed E-state index contributed by atoms with van der Waals surface area (Å²) in [6.07, 6.45) is 3.09. The van der Waals surface area contributed by atoms with E-state index in [0.29, 0.717) is 5.92 Å². The maximum absolute atomic E-state index is 11.9. The molecular weight excluding hydrogens is 224 g/mol. The molecule has 3 heteroatoms. The molecule has 2 N–H and O–H groups in total. The van der Waals surface area contributed by atoms with Gasteiger partial charge in [0.05, 0.1) is 0 Å². The normalized spacial score (nSPS) is 20.4. The van der Waals surface area contributed by atoms with E-state index in [1.165, 1.54) is 5.56 Å². The molecule has 1 heterocycles. The first-order valence-corrected chi connectivity index (χ1v) is 6.81. The Morgan fingerprint density at radius 3 is 2.94 bits per heavy atom. The predicted molar refractivity (Wildman–Crippen MR) is 74.8 cm³/mol. The molecule has 0 spiro atoms. The SMILES string of the molecule is CC(C)c1cccc(NC2CCCCNC2=O)c1. The average Bonchev–Trinajstić information content (AvgIpc) is 2.55. The van der Waals surface area contributed by atoms with Crippen molar-refractivity contribution in [2.75, 3.05) is 11.9 Å². The summed E-state index contributed by atoms with van der Waals surface area (Å²) in [5.74, 6) is 0.636. The van der Waals surface area contributed by atoms with Gasteiger partial charge in [-0.1, -0.05) is 26.0 Å². The molecule has 1 aliphatic heterocycles. The van der Waals surface area contributed by atoms with E-state index in [2.05, 4.69) is 36.6 Å². The molecule has 0 saturated carbocycles. The van der Waals surface area contributed by atoms with Crippen molar-refractivity contribution >= 4 is 11.6 Å². The van der Waals surface area contributed by atoms with Gasteiger partial charge in [-0.25, -0.2) is 0 Å². The van der Waals surface area contributed by atoms with Crippen LogP contribution in [-0.2, 0) is 4.79 Å². The quantitative estimate of drug-likeness (QED) is 0.861. The highest BCUT2D eigenvalue weighted by Crippen LogP contribution is 2.20. The molecule has 2 rings (SSSR count). The lowest BCUT2D eigenvalue weighted by Crippen LogP contribution is -2.37. The lowest BCUT2D eigenvalue weighted by atomic mass is 10.0. The van der Waals surface area contributed by atoms with Gasteiger partial charge in [-0.3, -0.25) is 4.79 Å². The highest BCUT2D eigenvalue weighted by atomic mass is 16.2. The van der Waals surface area contributed by atoms with Crippen molar-refractivity contribution in [1.82, 2.24) is 5.32 Å². The zero-order chi connectivity index (χ0) is 13.0. The van der Waals surface area contributed by atoms with E-state index in [1.807, 2.05) is 12.1 Å². The van der Waals surface area contributed by atoms with Gasteiger partial charge in [-0.2, -0.15) is 0 Å². The van der Waals surface area contributed by atoms with Crippen LogP contribution in [0.15, 0.2) is 24.3 Å². The fraction of sp³-hybridized carbons (Fsp3) is 0.533. The van der Waals surface area contributed by atoms with Crippen LogP contribution in [-0.4, -0.2) is 18.5 Å². The molecule has 18 heavy (non-hydrogen) atoms. The fourth-order valence-electron chi connectivity index (χ4n) is 2.27. The van der Waals surface area contributed by atoms with Crippen LogP contribution in [0.3, 0.4) is 0 Å². The molecule has 1 aliphatic rings. The second-order valence-corrected chi connectivity index (χ2v) is 5.26. The Labute approximate surface area is 109 Å². The van der Waals surface area contributed by atoms with E-state index >= 15 is 0 Å². The van der Waals surface area contributed by atoms with Gasteiger partial charge in [0, 0.05) is 12.2 Å². The Hall–Kier alpha value is -1.51. The number of rotatable bonds is 3. The molecular formula is C15H22N2O. The van der Waals surface area contributed by atoms with Gasteiger partial charge in [0.25, 0.3) is 0 Å². The van der Waals surface area contributed by atoms with E-state index in [0.717, 1.165) is 31.5 Å². The monoisotopic (exact) mass is 246 g/mol. The summed E-state index contributed by atoms with van der Waals surface area (Å²) >= 11 is 0. The topological polar surface area (TPSA) is 41.1 Å². The zero-order valence-electron chi connectivity index (χ0n) is 11.2. The molecule has 98 valence electrons. The lowest BCUT2D eigenvalue weighted by molar-refractivity contribution is -0.121. The smallest absolute Gasteiger partial charge is 0.242 e. The van der Waals surface area contributed by atoms with Gasteiger partial charge in [-0.15, -0.1) is 0 Å². The number of hydrogen-bond acceptors (Lipinski definition) is 2. The Kier molecular flexibility index (Phi) is 4.24. The summed E-state index contributed by atoms with van der Waals surface area (Å²) in [6, 6.07) is 8.26. The minimum Gasteiger partial charge on any atom is -0.374 e. The minimum absolute atomic E-state index is 0.0880. The van der Waals surface area contributed by atoms with Crippen molar-refractivity contribution in [3.63, 3.8) is 0 Å². The molecule has 1 fully saturated rings. The molecule has 1 saturated heterocycles. The summed E-state index contributed by atoms with van der Waals surface area (Å²) < 4.78 is 0. The Bertz CT molecular complexity index is 415. The van der Waals surface area contributed by atoms with Crippen LogP contribution in [0.25, 0.3) is 0 Å². The largest absolute Gasteiger partial charge is 0.374 e. The zero-order valence-corrected chi connectivity index (χ0v) is 11.2. The number of anilines is 1. The van der Waals surface area contributed by atoms with Crippen LogP contribution < -0.4 is 10.6 Å².